The molecule has 260 valence electrons. The lowest BCUT2D eigenvalue weighted by Gasteiger charge is -2.45. The van der Waals surface area contributed by atoms with Gasteiger partial charge in [0, 0.05) is 43.0 Å². The fourth-order valence-corrected chi connectivity index (χ4v) is 7.20. The number of fused-ring (bicyclic) bond motifs is 3. The Balaban J connectivity index is 1.27. The molecule has 5 aromatic rings. The van der Waals surface area contributed by atoms with Crippen molar-refractivity contribution in [1.29, 1.82) is 0 Å². The Bertz CT molecular complexity index is 2240. The van der Waals surface area contributed by atoms with Crippen LogP contribution in [0.5, 0.6) is 5.75 Å². The smallest absolute Gasteiger partial charge is 0.416 e. The van der Waals surface area contributed by atoms with Crippen LogP contribution in [0.2, 0.25) is 5.02 Å². The van der Waals surface area contributed by atoms with Crippen molar-refractivity contribution in [2.24, 2.45) is 7.05 Å². The van der Waals surface area contributed by atoms with Crippen LogP contribution in [0.3, 0.4) is 0 Å². The highest BCUT2D eigenvalue weighted by Crippen LogP contribution is 2.44. The fraction of sp³-hybridized carbons (Fsp3) is 0.375. The molecule has 0 saturated carbocycles. The number of rotatable bonds is 5. The molecule has 2 aliphatic rings. The van der Waals surface area contributed by atoms with Crippen LogP contribution in [0, 0.1) is 6.92 Å². The van der Waals surface area contributed by atoms with Crippen LogP contribution in [-0.2, 0) is 36.4 Å². The number of aryl methyl sites for hydroxylation is 2. The lowest BCUT2D eigenvalue weighted by Crippen LogP contribution is -2.50. The monoisotopic (exact) mass is 710 g/mol. The van der Waals surface area contributed by atoms with E-state index in [1.165, 1.54) is 10.8 Å². The summed E-state index contributed by atoms with van der Waals surface area (Å²) in [6.45, 7) is 1.79. The summed E-state index contributed by atoms with van der Waals surface area (Å²) in [5.41, 5.74) is -0.194. The molecule has 2 amide bonds. The zero-order valence-corrected chi connectivity index (χ0v) is 27.6. The van der Waals surface area contributed by atoms with Gasteiger partial charge in [-0.2, -0.15) is 27.8 Å². The van der Waals surface area contributed by atoms with E-state index in [4.69, 9.17) is 11.6 Å². The maximum Gasteiger partial charge on any atom is 0.416 e. The number of anilines is 1. The summed E-state index contributed by atoms with van der Waals surface area (Å²) in [4.78, 5) is 55.4. The molecule has 1 spiro atoms. The number of aromatic nitrogens is 8. The molecule has 0 atom stereocenters. The van der Waals surface area contributed by atoms with Gasteiger partial charge in [-0.3, -0.25) is 19.1 Å². The Morgan fingerprint density at radius 2 is 1.90 bits per heavy atom. The number of nitrogens with zero attached hydrogens (tertiary/aromatic N) is 9. The second-order valence-electron chi connectivity index (χ2n) is 12.6. The number of aromatic hydroxyl groups is 1. The van der Waals surface area contributed by atoms with Crippen molar-refractivity contribution in [2.75, 3.05) is 18.4 Å². The minimum Gasteiger partial charge on any atom is -0.504 e. The minimum atomic E-state index is -4.61. The van der Waals surface area contributed by atoms with Gasteiger partial charge in [-0.05, 0) is 57.2 Å². The summed E-state index contributed by atoms with van der Waals surface area (Å²) in [5.74, 6) is -1.00. The molecule has 50 heavy (non-hydrogen) atoms. The number of carbonyl (C=O) groups excluding carboxylic acids is 2. The quantitative estimate of drug-likeness (QED) is 0.275. The van der Waals surface area contributed by atoms with Gasteiger partial charge in [0.2, 0.25) is 11.7 Å². The van der Waals surface area contributed by atoms with Gasteiger partial charge in [-0.15, -0.1) is 5.10 Å². The number of hydrogen-bond donors (Lipinski definition) is 2. The van der Waals surface area contributed by atoms with E-state index in [9.17, 15) is 32.7 Å². The number of benzene rings is 1. The first kappa shape index (κ1) is 33.2. The number of likely N-dealkylation sites (tertiary alicyclic amines) is 1. The fourth-order valence-electron chi connectivity index (χ4n) is 6.97. The van der Waals surface area contributed by atoms with Gasteiger partial charge in [0.25, 0.3) is 11.5 Å². The van der Waals surface area contributed by atoms with E-state index in [-0.39, 0.29) is 64.6 Å². The molecule has 0 radical (unpaired) electrons. The first-order chi connectivity index (χ1) is 23.8. The molecule has 0 unspecified atom stereocenters. The average molecular weight is 711 g/mol. The van der Waals surface area contributed by atoms with Crippen LogP contribution in [0.25, 0.3) is 17.2 Å². The van der Waals surface area contributed by atoms with Crippen molar-refractivity contribution in [3.63, 3.8) is 0 Å². The van der Waals surface area contributed by atoms with Gasteiger partial charge >= 0.3 is 6.18 Å². The molecule has 1 fully saturated rings. The van der Waals surface area contributed by atoms with E-state index in [2.05, 4.69) is 30.5 Å². The summed E-state index contributed by atoms with van der Waals surface area (Å²) < 4.78 is 44.0. The summed E-state index contributed by atoms with van der Waals surface area (Å²) in [6, 6.07) is 2.65. The van der Waals surface area contributed by atoms with E-state index in [0.717, 1.165) is 18.2 Å². The number of hydrogen-bond acceptors (Lipinski definition) is 9. The number of amides is 2. The molecule has 2 N–H and O–H groups in total. The molecular weight excluding hydrogens is 681 g/mol. The largest absolute Gasteiger partial charge is 0.504 e. The van der Waals surface area contributed by atoms with Crippen molar-refractivity contribution in [1.82, 2.24) is 43.8 Å². The van der Waals surface area contributed by atoms with E-state index >= 15 is 0 Å². The Hall–Kier alpha value is -5.32. The van der Waals surface area contributed by atoms with Crippen molar-refractivity contribution >= 4 is 34.9 Å². The second-order valence-corrected chi connectivity index (χ2v) is 13.0. The third-order valence-corrected chi connectivity index (χ3v) is 9.81. The van der Waals surface area contributed by atoms with E-state index in [1.807, 2.05) is 0 Å². The molecule has 14 nitrogen and oxygen atoms in total. The standard InChI is InChI=1S/C32H30ClF3N10O4/c1-17-26(48)25(38-16-37-17)29(50)44-10-8-31(9-11-44)7-3-4-22-24(31)28(49)46-30(41-27(42-46)18-13-39-43(2)14-18)45(22)15-23(47)40-21-6-5-19(12-20(21)33)32(34,35)36/h5-6,12-14,16,48H,3-4,7-11,15H2,1-2H3,(H,40,47). The Morgan fingerprint density at radius 1 is 1.14 bits per heavy atom. The molecule has 4 aromatic heterocycles. The summed E-state index contributed by atoms with van der Waals surface area (Å²) in [6.07, 6.45) is 2.48. The van der Waals surface area contributed by atoms with Crippen LogP contribution in [-0.4, -0.2) is 73.8 Å². The zero-order chi connectivity index (χ0) is 35.5. The number of piperidine rings is 1. The molecule has 18 heteroatoms. The van der Waals surface area contributed by atoms with Crippen molar-refractivity contribution in [3.05, 3.63) is 80.5 Å². The third kappa shape index (κ3) is 5.74. The van der Waals surface area contributed by atoms with Gasteiger partial charge in [-0.25, -0.2) is 9.97 Å². The highest BCUT2D eigenvalue weighted by Gasteiger charge is 2.45. The third-order valence-electron chi connectivity index (χ3n) is 9.50. The second kappa shape index (κ2) is 12.2. The molecule has 5 heterocycles. The van der Waals surface area contributed by atoms with Crippen molar-refractivity contribution in [3.8, 4) is 17.1 Å². The van der Waals surface area contributed by atoms with Crippen LogP contribution in [0.4, 0.5) is 18.9 Å². The van der Waals surface area contributed by atoms with Gasteiger partial charge in [0.15, 0.2) is 17.3 Å². The van der Waals surface area contributed by atoms with Gasteiger partial charge in [0.1, 0.15) is 12.9 Å². The molecule has 1 saturated heterocycles. The first-order valence-electron chi connectivity index (χ1n) is 15.7. The predicted molar refractivity (Wildman–Crippen MR) is 173 cm³/mol. The number of carbonyl (C=O) groups is 2. The number of halogens is 4. The normalized spacial score (nSPS) is 15.8. The topological polar surface area (TPSA) is 165 Å². The molecule has 1 aliphatic carbocycles. The first-order valence-corrected chi connectivity index (χ1v) is 16.1. The Kier molecular flexibility index (Phi) is 8.11. The van der Waals surface area contributed by atoms with Gasteiger partial charge < -0.3 is 19.9 Å². The Labute approximate surface area is 286 Å². The van der Waals surface area contributed by atoms with Crippen LogP contribution in [0.1, 0.15) is 58.7 Å². The number of alkyl halides is 3. The molecule has 1 aliphatic heterocycles. The lowest BCUT2D eigenvalue weighted by atomic mass is 9.66. The van der Waals surface area contributed by atoms with E-state index < -0.39 is 29.0 Å². The summed E-state index contributed by atoms with van der Waals surface area (Å²) in [5, 5.41) is 21.4. The Morgan fingerprint density at radius 3 is 2.58 bits per heavy atom. The van der Waals surface area contributed by atoms with Crippen molar-refractivity contribution < 1.29 is 27.9 Å². The molecular formula is C32H30ClF3N10O4. The summed E-state index contributed by atoms with van der Waals surface area (Å²) >= 11 is 6.13. The van der Waals surface area contributed by atoms with Crippen LogP contribution >= 0.6 is 11.6 Å². The molecule has 1 aromatic carbocycles. The van der Waals surface area contributed by atoms with E-state index in [1.54, 1.807) is 40.5 Å². The minimum absolute atomic E-state index is 0.00783. The van der Waals surface area contributed by atoms with Gasteiger partial charge in [0.05, 0.1) is 33.7 Å². The maximum absolute atomic E-state index is 14.4. The highest BCUT2D eigenvalue weighted by atomic mass is 35.5. The number of nitrogens with one attached hydrogen (secondary N) is 1. The summed E-state index contributed by atoms with van der Waals surface area (Å²) in [7, 11) is 1.72. The maximum atomic E-state index is 14.4. The zero-order valence-electron chi connectivity index (χ0n) is 26.8. The average Bonchev–Trinajstić information content (AvgIpc) is 3.72. The molecule has 0 bridgehead atoms. The molecule has 7 rings (SSSR count). The SMILES string of the molecule is Cc1ncnc(C(=O)N2CCC3(CCCc4c3c(=O)n3nc(-c5cnn(C)c5)nc3n4CC(=O)Nc3ccc(C(F)(F)F)cc3Cl)CC2)c1O. The van der Waals surface area contributed by atoms with Gasteiger partial charge in [-0.1, -0.05) is 11.6 Å². The predicted octanol–water partition coefficient (Wildman–Crippen LogP) is 3.92. The highest BCUT2D eigenvalue weighted by molar-refractivity contribution is 6.33. The van der Waals surface area contributed by atoms with E-state index in [0.29, 0.717) is 48.9 Å². The van der Waals surface area contributed by atoms with Crippen molar-refractivity contribution in [2.45, 2.75) is 57.2 Å². The lowest BCUT2D eigenvalue weighted by molar-refractivity contribution is -0.137. The van der Waals surface area contributed by atoms with Crippen LogP contribution in [0.15, 0.2) is 41.7 Å². The van der Waals surface area contributed by atoms with Crippen LogP contribution < -0.4 is 10.9 Å².